The van der Waals surface area contributed by atoms with Crippen molar-refractivity contribution in [3.8, 4) is 0 Å². The first-order valence-electron chi connectivity index (χ1n) is 16.5. The van der Waals surface area contributed by atoms with E-state index < -0.39 is 0 Å². The van der Waals surface area contributed by atoms with E-state index in [-0.39, 0.29) is 5.41 Å². The Balaban J connectivity index is 1.12. The molecule has 1 heteroatoms. The van der Waals surface area contributed by atoms with Gasteiger partial charge in [0.05, 0.1) is 16.4 Å². The number of allylic oxidation sites excluding steroid dienone is 16. The molecule has 10 rings (SSSR count). The Labute approximate surface area is 259 Å². The first-order valence-corrected chi connectivity index (χ1v) is 16.5. The molecule has 4 aromatic rings. The summed E-state index contributed by atoms with van der Waals surface area (Å²) in [6.45, 7) is 0. The number of hydrogen-bond acceptors (Lipinski definition) is 0. The SMILES string of the molecule is C1=CCC2C(=C1)C1=C(C=C(C3=CC=C(n4c5ccccc5c5ccccc54)CC3)CC1)C21C2=C(CCC=C2)c2ccccc21. The van der Waals surface area contributed by atoms with E-state index in [9.17, 15) is 0 Å². The van der Waals surface area contributed by atoms with E-state index in [0.29, 0.717) is 5.92 Å². The fraction of sp³-hybridized carbons (Fsp3) is 0.209. The molecular weight excluding hydrogens is 530 g/mol. The van der Waals surface area contributed by atoms with Gasteiger partial charge in [-0.25, -0.2) is 0 Å². The first kappa shape index (κ1) is 24.8. The smallest absolute Gasteiger partial charge is 0.0537 e. The number of aromatic nitrogens is 1. The summed E-state index contributed by atoms with van der Waals surface area (Å²) in [5.41, 5.74) is 18.1. The summed E-state index contributed by atoms with van der Waals surface area (Å²) in [5.74, 6) is 0.492. The Morgan fingerprint density at radius 1 is 0.636 bits per heavy atom. The van der Waals surface area contributed by atoms with Crippen LogP contribution >= 0.6 is 0 Å². The lowest BCUT2D eigenvalue weighted by Crippen LogP contribution is -2.34. The highest BCUT2D eigenvalue weighted by molar-refractivity contribution is 6.10. The number of hydrogen-bond donors (Lipinski definition) is 0. The zero-order chi connectivity index (χ0) is 28.8. The zero-order valence-corrected chi connectivity index (χ0v) is 25.0. The molecule has 6 aliphatic rings. The van der Waals surface area contributed by atoms with Crippen LogP contribution < -0.4 is 0 Å². The summed E-state index contributed by atoms with van der Waals surface area (Å²) < 4.78 is 2.50. The van der Waals surface area contributed by atoms with Crippen molar-refractivity contribution in [3.05, 3.63) is 166 Å². The number of fused-ring (bicyclic) bond motifs is 11. The van der Waals surface area contributed by atoms with Gasteiger partial charge in [0.2, 0.25) is 0 Å². The van der Waals surface area contributed by atoms with Crippen molar-refractivity contribution < 1.29 is 0 Å². The van der Waals surface area contributed by atoms with Crippen molar-refractivity contribution in [1.29, 1.82) is 0 Å². The van der Waals surface area contributed by atoms with Crippen molar-refractivity contribution in [2.75, 3.05) is 0 Å². The molecule has 1 spiro atoms. The number of nitrogens with zero attached hydrogens (tertiary/aromatic N) is 1. The van der Waals surface area contributed by atoms with E-state index in [4.69, 9.17) is 0 Å². The van der Waals surface area contributed by atoms with Crippen LogP contribution in [0, 0.1) is 5.92 Å². The minimum atomic E-state index is -0.0559. The third-order valence-corrected chi connectivity index (χ3v) is 11.4. The van der Waals surface area contributed by atoms with Crippen molar-refractivity contribution in [3.63, 3.8) is 0 Å². The van der Waals surface area contributed by atoms with Gasteiger partial charge in [-0.2, -0.15) is 0 Å². The molecule has 1 nitrogen and oxygen atoms in total. The second-order valence-corrected chi connectivity index (χ2v) is 13.3. The van der Waals surface area contributed by atoms with E-state index in [1.807, 2.05) is 0 Å². The molecule has 1 heterocycles. The summed E-state index contributed by atoms with van der Waals surface area (Å²) >= 11 is 0. The Kier molecular flexibility index (Phi) is 5.18. The van der Waals surface area contributed by atoms with Crippen molar-refractivity contribution in [1.82, 2.24) is 4.57 Å². The second kappa shape index (κ2) is 9.19. The van der Waals surface area contributed by atoms with Crippen LogP contribution in [-0.2, 0) is 5.41 Å². The molecule has 0 fully saturated rings. The molecule has 0 aliphatic heterocycles. The van der Waals surface area contributed by atoms with E-state index >= 15 is 0 Å². The van der Waals surface area contributed by atoms with Crippen LogP contribution in [0.25, 0.3) is 33.1 Å². The maximum atomic E-state index is 2.66. The maximum Gasteiger partial charge on any atom is 0.0537 e. The molecule has 2 atom stereocenters. The minimum Gasteiger partial charge on any atom is -0.313 e. The van der Waals surface area contributed by atoms with Gasteiger partial charge in [-0.15, -0.1) is 0 Å². The topological polar surface area (TPSA) is 4.93 Å². The monoisotopic (exact) mass is 565 g/mol. The fourth-order valence-electron chi connectivity index (χ4n) is 9.70. The summed E-state index contributed by atoms with van der Waals surface area (Å²) in [6, 6.07) is 27.1. The van der Waals surface area contributed by atoms with Gasteiger partial charge < -0.3 is 4.57 Å². The third-order valence-electron chi connectivity index (χ3n) is 11.4. The second-order valence-electron chi connectivity index (χ2n) is 13.3. The molecular formula is C43H35N. The van der Waals surface area contributed by atoms with Crippen LogP contribution in [-0.4, -0.2) is 4.57 Å². The van der Waals surface area contributed by atoms with Gasteiger partial charge in [-0.3, -0.25) is 0 Å². The normalized spacial score (nSPS) is 25.1. The summed E-state index contributed by atoms with van der Waals surface area (Å²) in [7, 11) is 0. The Morgan fingerprint density at radius 2 is 1.41 bits per heavy atom. The van der Waals surface area contributed by atoms with Gasteiger partial charge in [0, 0.05) is 22.4 Å². The molecule has 0 radical (unpaired) electrons. The highest BCUT2D eigenvalue weighted by Gasteiger charge is 2.57. The van der Waals surface area contributed by atoms with Gasteiger partial charge in [0.25, 0.3) is 0 Å². The van der Waals surface area contributed by atoms with Gasteiger partial charge >= 0.3 is 0 Å². The van der Waals surface area contributed by atoms with Gasteiger partial charge in [0.15, 0.2) is 0 Å². The first-order chi connectivity index (χ1) is 21.8. The Bertz CT molecular complexity index is 2140. The van der Waals surface area contributed by atoms with Crippen molar-refractivity contribution >= 4 is 33.1 Å². The lowest BCUT2D eigenvalue weighted by Gasteiger charge is -2.39. The average molecular weight is 566 g/mol. The van der Waals surface area contributed by atoms with Gasteiger partial charge in [-0.1, -0.05) is 103 Å². The Hall–Kier alpha value is -4.62. The maximum absolute atomic E-state index is 2.66. The lowest BCUT2D eigenvalue weighted by molar-refractivity contribution is 0.460. The summed E-state index contributed by atoms with van der Waals surface area (Å²) in [6.07, 6.45) is 27.5. The molecule has 0 amide bonds. The van der Waals surface area contributed by atoms with Crippen molar-refractivity contribution in [2.24, 2.45) is 5.92 Å². The minimum absolute atomic E-state index is 0.0559. The summed E-state index contributed by atoms with van der Waals surface area (Å²) in [4.78, 5) is 0. The molecule has 3 aromatic carbocycles. The predicted octanol–water partition coefficient (Wildman–Crippen LogP) is 10.9. The quantitative estimate of drug-likeness (QED) is 0.228. The molecule has 6 aliphatic carbocycles. The van der Waals surface area contributed by atoms with Crippen LogP contribution in [0.4, 0.5) is 0 Å². The van der Waals surface area contributed by atoms with Crippen LogP contribution in [0.5, 0.6) is 0 Å². The molecule has 0 N–H and O–H groups in total. The lowest BCUT2D eigenvalue weighted by atomic mass is 9.62. The van der Waals surface area contributed by atoms with Crippen LogP contribution in [0.15, 0.2) is 155 Å². The van der Waals surface area contributed by atoms with Gasteiger partial charge in [-0.05, 0) is 113 Å². The predicted molar refractivity (Wildman–Crippen MR) is 184 cm³/mol. The van der Waals surface area contributed by atoms with E-state index in [1.165, 1.54) is 38.6 Å². The number of benzene rings is 3. The standard InChI is InChI=1S/C43H35N/c1-6-16-37-31(11-1)32-12-2-7-17-38(32)43(37)39-18-8-3-13-33(39)34-26-23-29(27-40(34)43)28-21-24-30(25-22-28)44-41-19-9-4-14-35(41)36-15-5-10-20-42(36)44/h1,3-11,13-17,19-21,24,27,39H,2,12,18,22-23,25-26H2. The average Bonchev–Trinajstić information content (AvgIpc) is 3.70. The number of para-hydroxylation sites is 2. The molecule has 0 saturated carbocycles. The van der Waals surface area contributed by atoms with Gasteiger partial charge in [0.1, 0.15) is 0 Å². The fourth-order valence-corrected chi connectivity index (χ4v) is 9.70. The molecule has 0 saturated heterocycles. The highest BCUT2D eigenvalue weighted by atomic mass is 15.0. The Morgan fingerprint density at radius 3 is 2.23 bits per heavy atom. The third kappa shape index (κ3) is 3.15. The van der Waals surface area contributed by atoms with Crippen LogP contribution in [0.2, 0.25) is 0 Å². The molecule has 0 bridgehead atoms. The van der Waals surface area contributed by atoms with E-state index in [0.717, 1.165) is 44.9 Å². The van der Waals surface area contributed by atoms with Crippen LogP contribution in [0.3, 0.4) is 0 Å². The molecule has 212 valence electrons. The summed E-state index contributed by atoms with van der Waals surface area (Å²) in [5, 5.41) is 2.68. The van der Waals surface area contributed by atoms with E-state index in [1.54, 1.807) is 39.0 Å². The zero-order valence-electron chi connectivity index (χ0n) is 25.0. The highest BCUT2D eigenvalue weighted by Crippen LogP contribution is 2.66. The van der Waals surface area contributed by atoms with Crippen LogP contribution in [0.1, 0.15) is 56.1 Å². The largest absolute Gasteiger partial charge is 0.313 e. The van der Waals surface area contributed by atoms with E-state index in [2.05, 4.69) is 126 Å². The van der Waals surface area contributed by atoms with Crippen molar-refractivity contribution in [2.45, 2.75) is 50.4 Å². The molecule has 2 unspecified atom stereocenters. The number of rotatable bonds is 2. The molecule has 44 heavy (non-hydrogen) atoms. The molecule has 1 aromatic heterocycles.